The fourth-order valence-corrected chi connectivity index (χ4v) is 9.25. The minimum Gasteiger partial charge on any atom is -0.494 e. The number of hydrogen-bond donors (Lipinski definition) is 3. The smallest absolute Gasteiger partial charge is 0.338 e. The van der Waals surface area contributed by atoms with Crippen LogP contribution < -0.4 is 24.8 Å². The number of halogens is 2. The number of carbonyl (C=O) groups excluding carboxylic acids is 4. The van der Waals surface area contributed by atoms with E-state index in [0.717, 1.165) is 0 Å². The number of likely N-dealkylation sites (tertiary alicyclic amines) is 1. The molecule has 3 amide bonds. The summed E-state index contributed by atoms with van der Waals surface area (Å²) in [4.78, 5) is 61.2. The molecule has 3 fully saturated rings. The highest BCUT2D eigenvalue weighted by molar-refractivity contribution is 14.1. The number of pyridine rings is 1. The molecular formula is C38H45ClIN5O9S. The quantitative estimate of drug-likeness (QED) is 0.119. The maximum atomic E-state index is 14.8. The van der Waals surface area contributed by atoms with Gasteiger partial charge >= 0.3 is 5.97 Å². The van der Waals surface area contributed by atoms with Crippen LogP contribution in [0.3, 0.4) is 0 Å². The van der Waals surface area contributed by atoms with E-state index in [1.807, 2.05) is 43.4 Å². The van der Waals surface area contributed by atoms with E-state index in [9.17, 15) is 27.6 Å². The lowest BCUT2D eigenvalue weighted by molar-refractivity contribution is -0.141. The number of aromatic nitrogens is 1. The topological polar surface area (TPSA) is 182 Å². The Balaban J connectivity index is 1.31. The molecule has 6 rings (SSSR count). The number of hydrogen-bond acceptors (Lipinski definition) is 11. The van der Waals surface area contributed by atoms with Gasteiger partial charge in [0.05, 0.1) is 36.8 Å². The first-order chi connectivity index (χ1) is 25.8. The van der Waals surface area contributed by atoms with Crippen molar-refractivity contribution < 1.29 is 41.8 Å². The van der Waals surface area contributed by atoms with Crippen molar-refractivity contribution in [3.8, 4) is 11.6 Å². The molecule has 1 aromatic heterocycles. The summed E-state index contributed by atoms with van der Waals surface area (Å²) in [5, 5.41) is 7.21. The lowest BCUT2D eigenvalue weighted by Crippen LogP contribution is -2.58. The number of nitrogens with one attached hydrogen (secondary N) is 3. The first-order valence-corrected chi connectivity index (χ1v) is 21.2. The molecule has 1 aliphatic heterocycles. The third kappa shape index (κ3) is 8.90. The number of carbonyl (C=O) groups is 4. The number of amides is 3. The van der Waals surface area contributed by atoms with Gasteiger partial charge in [0.15, 0.2) is 0 Å². The molecular weight excluding hydrogens is 865 g/mol. The number of benzene rings is 2. The van der Waals surface area contributed by atoms with E-state index >= 15 is 0 Å². The van der Waals surface area contributed by atoms with Crippen molar-refractivity contribution in [2.45, 2.75) is 99.3 Å². The van der Waals surface area contributed by atoms with E-state index in [4.69, 9.17) is 25.8 Å². The summed E-state index contributed by atoms with van der Waals surface area (Å²) in [6.07, 6.45) is 1.65. The average Bonchev–Trinajstić information content (AvgIpc) is 4.03. The van der Waals surface area contributed by atoms with Gasteiger partial charge in [0.1, 0.15) is 29.5 Å². The molecule has 3 aromatic rings. The SMILES string of the molecule is COc1cnc(O[C@@H]2C[C@@H](C(=O)N[C@]3(C(=O)NS(=O)(=O)C4CC4)C[C@H]3I)N(C(=O)C(Nc3cccc(C(=O)OC(C)C)c3)C(C)(C)C)C2)c2cc(Cl)ccc12. The Morgan fingerprint density at radius 2 is 1.78 bits per heavy atom. The minimum atomic E-state index is -3.87. The van der Waals surface area contributed by atoms with Crippen LogP contribution in [-0.2, 0) is 29.1 Å². The highest BCUT2D eigenvalue weighted by atomic mass is 127. The van der Waals surface area contributed by atoms with Gasteiger partial charge in [-0.1, -0.05) is 61.0 Å². The summed E-state index contributed by atoms with van der Waals surface area (Å²) >= 11 is 8.38. The first kappa shape index (κ1) is 40.8. The Morgan fingerprint density at radius 1 is 1.07 bits per heavy atom. The van der Waals surface area contributed by atoms with Crippen molar-refractivity contribution in [1.29, 1.82) is 0 Å². The number of esters is 1. The summed E-state index contributed by atoms with van der Waals surface area (Å²) in [6, 6.07) is 9.82. The maximum absolute atomic E-state index is 14.8. The molecule has 0 radical (unpaired) electrons. The number of anilines is 1. The number of rotatable bonds is 13. The van der Waals surface area contributed by atoms with Crippen LogP contribution in [0.1, 0.15) is 70.7 Å². The van der Waals surface area contributed by atoms with Crippen LogP contribution >= 0.6 is 34.2 Å². The van der Waals surface area contributed by atoms with Gasteiger partial charge in [0, 0.05) is 31.8 Å². The summed E-state index contributed by atoms with van der Waals surface area (Å²) in [5.74, 6) is -1.63. The minimum absolute atomic E-state index is 0.0232. The standard InChI is InChI=1S/C38H45ClIN5O9S/c1-20(2)53-35(48)21-8-7-9-23(14-21)42-31(37(3,4)5)34(47)45-19-24(54-33-27-15-22(39)10-13-26(27)29(52-6)18-41-33)16-28(45)32(46)43-38(17-30(38)40)36(49)44-55(50,51)25-11-12-25/h7-10,13-15,18,20,24-25,28,30-31,42H,11-12,16-17,19H2,1-6H3,(H,43,46)(H,44,49)/t24-,28+,30-,31?,38-/m1/s1. The summed E-state index contributed by atoms with van der Waals surface area (Å²) < 4.78 is 44.5. The van der Waals surface area contributed by atoms with E-state index in [1.54, 1.807) is 56.3 Å². The molecule has 17 heteroatoms. The van der Waals surface area contributed by atoms with Crippen LogP contribution in [0.2, 0.25) is 5.02 Å². The summed E-state index contributed by atoms with van der Waals surface area (Å²) in [7, 11) is -2.35. The molecule has 55 heavy (non-hydrogen) atoms. The van der Waals surface area contributed by atoms with Crippen molar-refractivity contribution in [1.82, 2.24) is 19.9 Å². The maximum Gasteiger partial charge on any atom is 0.338 e. The Morgan fingerprint density at radius 3 is 2.40 bits per heavy atom. The first-order valence-electron chi connectivity index (χ1n) is 18.0. The zero-order valence-electron chi connectivity index (χ0n) is 31.4. The summed E-state index contributed by atoms with van der Waals surface area (Å²) in [5.41, 5.74) is -1.39. The van der Waals surface area contributed by atoms with Crippen molar-refractivity contribution in [2.75, 3.05) is 19.0 Å². The number of fused-ring (bicyclic) bond motifs is 1. The lowest BCUT2D eigenvalue weighted by atomic mass is 9.85. The number of methoxy groups -OCH3 is 1. The number of sulfonamides is 1. The molecule has 1 saturated heterocycles. The second-order valence-electron chi connectivity index (χ2n) is 15.6. The third-order valence-electron chi connectivity index (χ3n) is 9.81. The normalized spacial score (nSPS) is 22.9. The molecule has 0 bridgehead atoms. The monoisotopic (exact) mass is 909 g/mol. The molecule has 2 aromatic carbocycles. The third-order valence-corrected chi connectivity index (χ3v) is 13.4. The average molecular weight is 910 g/mol. The second kappa shape index (κ2) is 15.6. The van der Waals surface area contributed by atoms with Gasteiger partial charge in [-0.2, -0.15) is 0 Å². The van der Waals surface area contributed by atoms with Crippen LogP contribution in [0.5, 0.6) is 11.6 Å². The molecule has 3 aliphatic rings. The number of alkyl halides is 1. The van der Waals surface area contributed by atoms with Crippen molar-refractivity contribution in [2.24, 2.45) is 5.41 Å². The van der Waals surface area contributed by atoms with E-state index < -0.39 is 68.1 Å². The Kier molecular flexibility index (Phi) is 11.5. The van der Waals surface area contributed by atoms with E-state index in [1.165, 1.54) is 18.2 Å². The Bertz CT molecular complexity index is 2130. The van der Waals surface area contributed by atoms with Gasteiger partial charge in [0.2, 0.25) is 27.7 Å². The zero-order valence-corrected chi connectivity index (χ0v) is 35.1. The predicted octanol–water partition coefficient (Wildman–Crippen LogP) is 5.01. The Labute approximate surface area is 338 Å². The van der Waals surface area contributed by atoms with Gasteiger partial charge < -0.3 is 29.7 Å². The number of ether oxygens (including phenoxy) is 3. The molecule has 0 spiro atoms. The van der Waals surface area contributed by atoms with Crippen molar-refractivity contribution in [3.63, 3.8) is 0 Å². The van der Waals surface area contributed by atoms with E-state index in [0.29, 0.717) is 45.6 Å². The molecule has 14 nitrogen and oxygen atoms in total. The van der Waals surface area contributed by atoms with E-state index in [2.05, 4.69) is 20.3 Å². The van der Waals surface area contributed by atoms with Gasteiger partial charge in [-0.05, 0) is 74.9 Å². The van der Waals surface area contributed by atoms with Crippen LogP contribution in [0, 0.1) is 5.41 Å². The van der Waals surface area contributed by atoms with Crippen LogP contribution in [0.4, 0.5) is 5.69 Å². The number of nitrogens with zero attached hydrogens (tertiary/aromatic N) is 2. The molecule has 296 valence electrons. The second-order valence-corrected chi connectivity index (χ2v) is 19.5. The molecule has 2 aliphatic carbocycles. The van der Waals surface area contributed by atoms with Crippen LogP contribution in [0.15, 0.2) is 48.7 Å². The van der Waals surface area contributed by atoms with Gasteiger partial charge in [-0.3, -0.25) is 19.1 Å². The molecule has 1 unspecified atom stereocenters. The van der Waals surface area contributed by atoms with E-state index in [-0.39, 0.29) is 35.3 Å². The van der Waals surface area contributed by atoms with Gasteiger partial charge in [-0.15, -0.1) is 0 Å². The van der Waals surface area contributed by atoms with Crippen LogP contribution in [-0.4, -0.2) is 94.7 Å². The Hall–Kier alpha value is -3.90. The van der Waals surface area contributed by atoms with Crippen LogP contribution in [0.25, 0.3) is 10.8 Å². The summed E-state index contributed by atoms with van der Waals surface area (Å²) in [6.45, 7) is 9.11. The molecule has 5 atom stereocenters. The molecule has 3 N–H and O–H groups in total. The van der Waals surface area contributed by atoms with Crippen molar-refractivity contribution >= 4 is 84.4 Å². The fourth-order valence-electron chi connectivity index (χ4n) is 6.58. The highest BCUT2D eigenvalue weighted by Crippen LogP contribution is 2.45. The largest absolute Gasteiger partial charge is 0.494 e. The zero-order chi connectivity index (χ0) is 40.0. The van der Waals surface area contributed by atoms with Gasteiger partial charge in [-0.25, -0.2) is 18.2 Å². The predicted molar refractivity (Wildman–Crippen MR) is 215 cm³/mol. The highest BCUT2D eigenvalue weighted by Gasteiger charge is 2.62. The van der Waals surface area contributed by atoms with Gasteiger partial charge in [0.25, 0.3) is 5.91 Å². The molecule has 2 saturated carbocycles. The van der Waals surface area contributed by atoms with Crippen molar-refractivity contribution in [3.05, 3.63) is 59.2 Å². The fraction of sp³-hybridized carbons (Fsp3) is 0.500. The molecule has 2 heterocycles. The lowest BCUT2D eigenvalue weighted by Gasteiger charge is -2.36.